The number of nitrogens with one attached hydrogen (secondary N) is 1. The molecule has 0 fully saturated rings. The van der Waals surface area contributed by atoms with Crippen LogP contribution < -0.4 is 15.7 Å². The van der Waals surface area contributed by atoms with Crippen LogP contribution in [-0.4, -0.2) is 20.0 Å². The number of hydrogen-bond donors (Lipinski definition) is 1. The maximum Gasteiger partial charge on any atom is 0.338 e. The number of anilines is 1. The van der Waals surface area contributed by atoms with E-state index in [0.717, 1.165) is 24.2 Å². The van der Waals surface area contributed by atoms with Crippen molar-refractivity contribution in [3.8, 4) is 22.9 Å². The second kappa shape index (κ2) is 11.1. The van der Waals surface area contributed by atoms with Crippen molar-refractivity contribution >= 4 is 22.6 Å². The molecular formula is C33H26N4O3. The van der Waals surface area contributed by atoms with E-state index in [0.29, 0.717) is 33.8 Å². The third-order valence-electron chi connectivity index (χ3n) is 6.58. The fraction of sp³-hybridized carbons (Fsp3) is 0.0606. The fourth-order valence-corrected chi connectivity index (χ4v) is 4.68. The van der Waals surface area contributed by atoms with Crippen LogP contribution in [0.1, 0.15) is 12.8 Å². The van der Waals surface area contributed by atoms with Gasteiger partial charge >= 0.3 is 5.69 Å². The Morgan fingerprint density at radius 2 is 1.68 bits per heavy atom. The van der Waals surface area contributed by atoms with Gasteiger partial charge in [0, 0.05) is 18.0 Å². The number of ether oxygens (including phenoxy) is 1. The number of imidazole rings is 1. The van der Waals surface area contributed by atoms with Crippen LogP contribution in [0, 0.1) is 0 Å². The molecule has 7 heteroatoms. The molecule has 6 rings (SSSR count). The van der Waals surface area contributed by atoms with Crippen molar-refractivity contribution in [1.29, 1.82) is 0 Å². The zero-order valence-electron chi connectivity index (χ0n) is 21.6. The molecular weight excluding hydrogens is 500 g/mol. The van der Waals surface area contributed by atoms with E-state index in [1.165, 1.54) is 6.08 Å². The van der Waals surface area contributed by atoms with Crippen molar-refractivity contribution in [3.63, 3.8) is 0 Å². The molecule has 1 aliphatic carbocycles. The Morgan fingerprint density at radius 3 is 2.48 bits per heavy atom. The molecule has 196 valence electrons. The smallest absolute Gasteiger partial charge is 0.338 e. The SMILES string of the molecule is O=C(/C=C/C1=CC=CCC1)Nc1cccc(-n2c(=O)n(-c3ccc(Oc4ccccc4)cc3)c3cnccc32)c1. The predicted octanol–water partition coefficient (Wildman–Crippen LogP) is 6.74. The van der Waals surface area contributed by atoms with Gasteiger partial charge in [-0.3, -0.25) is 18.9 Å². The topological polar surface area (TPSA) is 78.2 Å². The fourth-order valence-electron chi connectivity index (χ4n) is 4.68. The maximum atomic E-state index is 13.8. The Kier molecular flexibility index (Phi) is 6.92. The minimum Gasteiger partial charge on any atom is -0.457 e. The summed E-state index contributed by atoms with van der Waals surface area (Å²) in [5.74, 6) is 1.17. The number of rotatable bonds is 7. The Hall–Kier alpha value is -5.43. The van der Waals surface area contributed by atoms with Gasteiger partial charge in [-0.25, -0.2) is 4.79 Å². The quantitative estimate of drug-likeness (QED) is 0.238. The molecule has 0 unspecified atom stereocenters. The number of carbonyl (C=O) groups is 1. The van der Waals surface area contributed by atoms with E-state index in [2.05, 4.69) is 16.4 Å². The lowest BCUT2D eigenvalue weighted by atomic mass is 10.0. The normalized spacial score (nSPS) is 12.9. The summed E-state index contributed by atoms with van der Waals surface area (Å²) in [5, 5.41) is 2.90. The Bertz CT molecular complexity index is 1830. The predicted molar refractivity (Wildman–Crippen MR) is 157 cm³/mol. The van der Waals surface area contributed by atoms with Crippen molar-refractivity contribution in [3.05, 3.63) is 144 Å². The van der Waals surface area contributed by atoms with Gasteiger partial charge in [-0.15, -0.1) is 0 Å². The van der Waals surface area contributed by atoms with Gasteiger partial charge in [-0.1, -0.05) is 48.6 Å². The number of hydrogen-bond acceptors (Lipinski definition) is 4. The van der Waals surface area contributed by atoms with Crippen molar-refractivity contribution in [1.82, 2.24) is 14.1 Å². The van der Waals surface area contributed by atoms with Gasteiger partial charge in [0.05, 0.1) is 28.6 Å². The number of amides is 1. The van der Waals surface area contributed by atoms with Crippen molar-refractivity contribution < 1.29 is 9.53 Å². The van der Waals surface area contributed by atoms with Crippen molar-refractivity contribution in [2.75, 3.05) is 5.32 Å². The van der Waals surface area contributed by atoms with E-state index in [9.17, 15) is 9.59 Å². The van der Waals surface area contributed by atoms with E-state index in [1.54, 1.807) is 39.7 Å². The summed E-state index contributed by atoms with van der Waals surface area (Å²) in [6.07, 6.45) is 14.7. The summed E-state index contributed by atoms with van der Waals surface area (Å²) in [6.45, 7) is 0. The molecule has 1 N–H and O–H groups in total. The van der Waals surface area contributed by atoms with Crippen LogP contribution in [-0.2, 0) is 4.79 Å². The van der Waals surface area contributed by atoms with Crippen LogP contribution in [0.25, 0.3) is 22.4 Å². The van der Waals surface area contributed by atoms with Crippen LogP contribution in [0.15, 0.2) is 138 Å². The Balaban J connectivity index is 1.30. The van der Waals surface area contributed by atoms with E-state index < -0.39 is 0 Å². The lowest BCUT2D eigenvalue weighted by molar-refractivity contribution is -0.111. The molecule has 0 saturated heterocycles. The molecule has 1 amide bonds. The van der Waals surface area contributed by atoms with Gasteiger partial charge in [-0.2, -0.15) is 0 Å². The second-order valence-corrected chi connectivity index (χ2v) is 9.31. The summed E-state index contributed by atoms with van der Waals surface area (Å²) in [4.78, 5) is 30.7. The van der Waals surface area contributed by atoms with Gasteiger partial charge in [-0.05, 0) is 79.1 Å². The molecule has 0 atom stereocenters. The molecule has 3 aromatic carbocycles. The van der Waals surface area contributed by atoms with Crippen molar-refractivity contribution in [2.45, 2.75) is 12.8 Å². The zero-order valence-corrected chi connectivity index (χ0v) is 21.6. The average Bonchev–Trinajstić information content (AvgIpc) is 3.29. The minimum absolute atomic E-state index is 0.232. The second-order valence-electron chi connectivity index (χ2n) is 9.31. The summed E-state index contributed by atoms with van der Waals surface area (Å²) in [6, 6.07) is 25.9. The van der Waals surface area contributed by atoms with Gasteiger partial charge in [0.1, 0.15) is 11.5 Å². The molecule has 5 aromatic rings. The first-order chi connectivity index (χ1) is 19.7. The highest BCUT2D eigenvalue weighted by Crippen LogP contribution is 2.25. The summed E-state index contributed by atoms with van der Waals surface area (Å²) in [5.41, 5.74) is 4.13. The molecule has 0 bridgehead atoms. The van der Waals surface area contributed by atoms with E-state index in [-0.39, 0.29) is 11.6 Å². The number of nitrogens with zero attached hydrogens (tertiary/aromatic N) is 3. The monoisotopic (exact) mass is 526 g/mol. The molecule has 40 heavy (non-hydrogen) atoms. The lowest BCUT2D eigenvalue weighted by Crippen LogP contribution is -2.22. The Morgan fingerprint density at radius 1 is 0.875 bits per heavy atom. The first-order valence-corrected chi connectivity index (χ1v) is 13.0. The van der Waals surface area contributed by atoms with E-state index in [1.807, 2.05) is 85.0 Å². The molecule has 2 heterocycles. The molecule has 0 saturated carbocycles. The number of carbonyl (C=O) groups excluding carboxylic acids is 1. The van der Waals surface area contributed by atoms with Gasteiger partial charge in [0.2, 0.25) is 5.91 Å². The number of pyridine rings is 1. The lowest BCUT2D eigenvalue weighted by Gasteiger charge is -2.08. The summed E-state index contributed by atoms with van der Waals surface area (Å²) < 4.78 is 9.15. The average molecular weight is 527 g/mol. The molecule has 0 spiro atoms. The van der Waals surface area contributed by atoms with Crippen LogP contribution in [0.2, 0.25) is 0 Å². The largest absolute Gasteiger partial charge is 0.457 e. The van der Waals surface area contributed by atoms with Crippen molar-refractivity contribution in [2.24, 2.45) is 0 Å². The van der Waals surface area contributed by atoms with Crippen LogP contribution in [0.5, 0.6) is 11.5 Å². The summed E-state index contributed by atoms with van der Waals surface area (Å²) >= 11 is 0. The van der Waals surface area contributed by atoms with Gasteiger partial charge in [0.25, 0.3) is 0 Å². The standard InChI is InChI=1S/C33H26N4O3/c38-32(19-14-24-8-3-1-4-9-24)35-25-10-7-11-27(22-25)37-30-20-21-34-23-31(30)36(33(37)39)26-15-17-29(18-16-26)40-28-12-5-2-6-13-28/h1-3,5-8,10-23H,4,9H2,(H,35,38)/b19-14+. The number of aromatic nitrogens is 3. The van der Waals surface area contributed by atoms with Gasteiger partial charge < -0.3 is 10.1 Å². The molecule has 2 aromatic heterocycles. The van der Waals surface area contributed by atoms with Crippen LogP contribution in [0.4, 0.5) is 5.69 Å². The minimum atomic E-state index is -0.250. The number of fused-ring (bicyclic) bond motifs is 1. The highest BCUT2D eigenvalue weighted by Gasteiger charge is 2.17. The molecule has 7 nitrogen and oxygen atoms in total. The highest BCUT2D eigenvalue weighted by molar-refractivity contribution is 5.99. The van der Waals surface area contributed by atoms with E-state index >= 15 is 0 Å². The third-order valence-corrected chi connectivity index (χ3v) is 6.58. The zero-order chi connectivity index (χ0) is 27.3. The number of benzene rings is 3. The highest BCUT2D eigenvalue weighted by atomic mass is 16.5. The number of para-hydroxylation sites is 1. The Labute approximate surface area is 231 Å². The van der Waals surface area contributed by atoms with E-state index in [4.69, 9.17) is 4.74 Å². The first-order valence-electron chi connectivity index (χ1n) is 13.0. The molecule has 0 radical (unpaired) electrons. The van der Waals surface area contributed by atoms with Crippen LogP contribution >= 0.6 is 0 Å². The number of allylic oxidation sites excluding steroid dienone is 5. The maximum absolute atomic E-state index is 13.8. The van der Waals surface area contributed by atoms with Gasteiger partial charge in [0.15, 0.2) is 0 Å². The third kappa shape index (κ3) is 5.26. The summed E-state index contributed by atoms with van der Waals surface area (Å²) in [7, 11) is 0. The first kappa shape index (κ1) is 24.9. The van der Waals surface area contributed by atoms with Crippen LogP contribution in [0.3, 0.4) is 0 Å². The molecule has 1 aliphatic rings. The molecule has 0 aliphatic heterocycles.